The van der Waals surface area contributed by atoms with E-state index in [4.69, 9.17) is 15.4 Å². The molecule has 15 heavy (non-hydrogen) atoms. The molecule has 6 nitrogen and oxygen atoms in total. The van der Waals surface area contributed by atoms with Crippen LogP contribution in [-0.4, -0.2) is 20.5 Å². The number of hydrogen-bond acceptors (Lipinski definition) is 5. The number of methoxy groups -OCH3 is 1. The molecule has 1 aromatic rings. The first kappa shape index (κ1) is 11.7. The van der Waals surface area contributed by atoms with E-state index in [9.17, 15) is 18.5 Å². The zero-order valence-corrected chi connectivity index (χ0v) is 9.08. The van der Waals surface area contributed by atoms with E-state index in [1.807, 2.05) is 0 Å². The molecule has 0 aromatic heterocycles. The van der Waals surface area contributed by atoms with Gasteiger partial charge >= 0.3 is 0 Å². The molecule has 0 saturated carbocycles. The zero-order chi connectivity index (χ0) is 11.6. The van der Waals surface area contributed by atoms with Crippen molar-refractivity contribution in [2.24, 2.45) is 0 Å². The summed E-state index contributed by atoms with van der Waals surface area (Å²) in [7, 11) is 2.06. The first-order valence-corrected chi connectivity index (χ1v) is 5.95. The minimum Gasteiger partial charge on any atom is -0.495 e. The van der Waals surface area contributed by atoms with Gasteiger partial charge in [0.15, 0.2) is 0 Å². The standard InChI is InChI=1S/C7H6ClNO5S/c1-14-6-4-2-3-5(9(10)11)7(6)15(8,12)13/h2-4H,1H3. The van der Waals surface area contributed by atoms with Crippen molar-refractivity contribution in [2.75, 3.05) is 7.11 Å². The highest BCUT2D eigenvalue weighted by molar-refractivity contribution is 8.14. The maximum absolute atomic E-state index is 11.1. The lowest BCUT2D eigenvalue weighted by molar-refractivity contribution is -0.387. The summed E-state index contributed by atoms with van der Waals surface area (Å²) < 4.78 is 26.9. The molecular formula is C7H6ClNO5S. The van der Waals surface area contributed by atoms with Crippen LogP contribution in [0.25, 0.3) is 0 Å². The largest absolute Gasteiger partial charge is 0.495 e. The van der Waals surface area contributed by atoms with Gasteiger partial charge in [-0.2, -0.15) is 0 Å². The maximum Gasteiger partial charge on any atom is 0.293 e. The fourth-order valence-corrected chi connectivity index (χ4v) is 2.30. The van der Waals surface area contributed by atoms with Crippen molar-refractivity contribution in [1.82, 2.24) is 0 Å². The lowest BCUT2D eigenvalue weighted by Gasteiger charge is -2.04. The van der Waals surface area contributed by atoms with E-state index < -0.39 is 24.6 Å². The summed E-state index contributed by atoms with van der Waals surface area (Å²) in [6, 6.07) is 3.63. The smallest absolute Gasteiger partial charge is 0.293 e. The molecule has 1 rings (SSSR count). The number of nitro benzene ring substituents is 1. The lowest BCUT2D eigenvalue weighted by atomic mass is 10.3. The van der Waals surface area contributed by atoms with E-state index >= 15 is 0 Å². The molecule has 1 aromatic carbocycles. The summed E-state index contributed by atoms with van der Waals surface area (Å²) in [6.45, 7) is 0. The Kier molecular flexibility index (Phi) is 3.15. The van der Waals surface area contributed by atoms with Crippen molar-refractivity contribution < 1.29 is 18.1 Å². The molecule has 8 heteroatoms. The van der Waals surface area contributed by atoms with Crippen LogP contribution < -0.4 is 4.74 Å². The molecule has 0 heterocycles. The Bertz CT molecular complexity index is 498. The van der Waals surface area contributed by atoms with E-state index in [2.05, 4.69) is 0 Å². The summed E-state index contributed by atoms with van der Waals surface area (Å²) in [5.41, 5.74) is -0.607. The molecule has 0 unspecified atom stereocenters. The highest BCUT2D eigenvalue weighted by atomic mass is 35.7. The number of hydrogen-bond donors (Lipinski definition) is 0. The number of halogens is 1. The van der Waals surface area contributed by atoms with Gasteiger partial charge in [0.25, 0.3) is 14.7 Å². The summed E-state index contributed by atoms with van der Waals surface area (Å²) >= 11 is 0. The quantitative estimate of drug-likeness (QED) is 0.462. The van der Waals surface area contributed by atoms with Crippen molar-refractivity contribution >= 4 is 25.4 Å². The topological polar surface area (TPSA) is 86.5 Å². The Hall–Kier alpha value is -1.34. The van der Waals surface area contributed by atoms with Gasteiger partial charge in [-0.15, -0.1) is 0 Å². The van der Waals surface area contributed by atoms with Gasteiger partial charge in [0.1, 0.15) is 5.75 Å². The van der Waals surface area contributed by atoms with Crippen molar-refractivity contribution in [1.29, 1.82) is 0 Å². The van der Waals surface area contributed by atoms with E-state index in [1.165, 1.54) is 19.2 Å². The van der Waals surface area contributed by atoms with Crippen LogP contribution in [0.5, 0.6) is 5.75 Å². The third-order valence-corrected chi connectivity index (χ3v) is 2.98. The van der Waals surface area contributed by atoms with Crippen LogP contribution in [0.2, 0.25) is 0 Å². The van der Waals surface area contributed by atoms with E-state index in [0.717, 1.165) is 6.07 Å². The Morgan fingerprint density at radius 2 is 2.07 bits per heavy atom. The Balaban J connectivity index is 3.63. The van der Waals surface area contributed by atoms with Crippen molar-refractivity contribution in [2.45, 2.75) is 4.90 Å². The minimum atomic E-state index is -4.22. The van der Waals surface area contributed by atoms with Crippen molar-refractivity contribution in [3.63, 3.8) is 0 Å². The van der Waals surface area contributed by atoms with Gasteiger partial charge in [-0.1, -0.05) is 6.07 Å². The number of benzene rings is 1. The number of ether oxygens (including phenoxy) is 1. The van der Waals surface area contributed by atoms with Gasteiger partial charge in [-0.25, -0.2) is 8.42 Å². The fraction of sp³-hybridized carbons (Fsp3) is 0.143. The zero-order valence-electron chi connectivity index (χ0n) is 7.51. The Morgan fingerprint density at radius 3 is 2.47 bits per heavy atom. The molecule has 0 bridgehead atoms. The minimum absolute atomic E-state index is 0.154. The summed E-state index contributed by atoms with van der Waals surface area (Å²) in [6.07, 6.45) is 0. The molecule has 0 aliphatic rings. The second kappa shape index (κ2) is 4.03. The highest BCUT2D eigenvalue weighted by Gasteiger charge is 2.28. The van der Waals surface area contributed by atoms with Gasteiger partial charge in [0.05, 0.1) is 12.0 Å². The van der Waals surface area contributed by atoms with Crippen LogP contribution in [0.3, 0.4) is 0 Å². The summed E-state index contributed by atoms with van der Waals surface area (Å²) in [5.74, 6) is -0.154. The van der Waals surface area contributed by atoms with E-state index in [-0.39, 0.29) is 5.75 Å². The van der Waals surface area contributed by atoms with Gasteiger partial charge in [-0.05, 0) is 6.07 Å². The van der Waals surface area contributed by atoms with Gasteiger partial charge in [0.2, 0.25) is 4.90 Å². The molecule has 0 saturated heterocycles. The number of rotatable bonds is 3. The van der Waals surface area contributed by atoms with Gasteiger partial charge < -0.3 is 4.74 Å². The molecule has 0 atom stereocenters. The molecule has 82 valence electrons. The fourth-order valence-electron chi connectivity index (χ4n) is 1.05. The Morgan fingerprint density at radius 1 is 1.47 bits per heavy atom. The highest BCUT2D eigenvalue weighted by Crippen LogP contribution is 2.34. The maximum atomic E-state index is 11.1. The first-order chi connectivity index (χ1) is 6.88. The van der Waals surface area contributed by atoms with Crippen LogP contribution in [0.15, 0.2) is 23.1 Å². The SMILES string of the molecule is COc1cccc([N+](=O)[O-])c1S(=O)(=O)Cl. The molecule has 0 amide bonds. The second-order valence-electron chi connectivity index (χ2n) is 2.50. The van der Waals surface area contributed by atoms with Crippen LogP contribution in [0.4, 0.5) is 5.69 Å². The lowest BCUT2D eigenvalue weighted by Crippen LogP contribution is -2.01. The molecule has 0 spiro atoms. The monoisotopic (exact) mass is 251 g/mol. The van der Waals surface area contributed by atoms with E-state index in [1.54, 1.807) is 0 Å². The Labute approximate surface area is 90.0 Å². The average molecular weight is 252 g/mol. The molecule has 0 radical (unpaired) electrons. The van der Waals surface area contributed by atoms with Gasteiger partial charge in [0, 0.05) is 16.7 Å². The molecule has 0 fully saturated rings. The molecule has 0 aliphatic carbocycles. The predicted molar refractivity (Wildman–Crippen MR) is 52.7 cm³/mol. The molecule has 0 N–H and O–H groups in total. The second-order valence-corrected chi connectivity index (χ2v) is 5.01. The van der Waals surface area contributed by atoms with Crippen LogP contribution in [0, 0.1) is 10.1 Å². The van der Waals surface area contributed by atoms with E-state index in [0.29, 0.717) is 0 Å². The van der Waals surface area contributed by atoms with Crippen molar-refractivity contribution in [3.8, 4) is 5.75 Å². The van der Waals surface area contributed by atoms with Gasteiger partial charge in [-0.3, -0.25) is 10.1 Å². The number of nitrogens with zero attached hydrogens (tertiary/aromatic N) is 1. The van der Waals surface area contributed by atoms with Crippen LogP contribution in [-0.2, 0) is 9.05 Å². The number of nitro groups is 1. The molecule has 0 aliphatic heterocycles. The van der Waals surface area contributed by atoms with Crippen molar-refractivity contribution in [3.05, 3.63) is 28.3 Å². The van der Waals surface area contributed by atoms with Crippen LogP contribution in [0.1, 0.15) is 0 Å². The third kappa shape index (κ3) is 2.37. The van der Waals surface area contributed by atoms with Crippen LogP contribution >= 0.6 is 10.7 Å². The normalized spacial score (nSPS) is 11.1. The molecular weight excluding hydrogens is 246 g/mol. The first-order valence-electron chi connectivity index (χ1n) is 3.64. The average Bonchev–Trinajstić information content (AvgIpc) is 2.15. The summed E-state index contributed by atoms with van der Waals surface area (Å²) in [4.78, 5) is 9.10. The summed E-state index contributed by atoms with van der Waals surface area (Å²) in [5, 5.41) is 10.6. The third-order valence-electron chi connectivity index (χ3n) is 1.62. The predicted octanol–water partition coefficient (Wildman–Crippen LogP) is 1.53.